The summed E-state index contributed by atoms with van der Waals surface area (Å²) in [6, 6.07) is 8.64. The van der Waals surface area contributed by atoms with Gasteiger partial charge in [0.05, 0.1) is 6.61 Å². The third-order valence-electron chi connectivity index (χ3n) is 4.56. The lowest BCUT2D eigenvalue weighted by molar-refractivity contribution is -0.127. The van der Waals surface area contributed by atoms with Crippen LogP contribution in [0.5, 0.6) is 0 Å². The molecular weight excluding hydrogens is 236 g/mol. The number of hydrogen-bond acceptors (Lipinski definition) is 2. The topological polar surface area (TPSA) is 26.3 Å². The van der Waals surface area contributed by atoms with Crippen molar-refractivity contribution < 1.29 is 9.53 Å². The summed E-state index contributed by atoms with van der Waals surface area (Å²) in [5.74, 6) is 1.02. The first-order chi connectivity index (χ1) is 9.34. The number of rotatable bonds is 3. The molecule has 2 unspecified atom stereocenters. The molecule has 2 atom stereocenters. The van der Waals surface area contributed by atoms with Gasteiger partial charge >= 0.3 is 0 Å². The maximum atomic E-state index is 12.4. The van der Waals surface area contributed by atoms with Crippen LogP contribution in [-0.4, -0.2) is 19.0 Å². The Kier molecular flexibility index (Phi) is 3.97. The number of carbonyl (C=O) groups excluding carboxylic acids is 1. The summed E-state index contributed by atoms with van der Waals surface area (Å²) >= 11 is 0. The zero-order chi connectivity index (χ0) is 13.1. The van der Waals surface area contributed by atoms with Gasteiger partial charge in [0.25, 0.3) is 0 Å². The smallest absolute Gasteiger partial charge is 0.138 e. The number of fused-ring (bicyclic) bond motifs is 1. The molecule has 102 valence electrons. The molecule has 19 heavy (non-hydrogen) atoms. The van der Waals surface area contributed by atoms with E-state index in [4.69, 9.17) is 4.74 Å². The van der Waals surface area contributed by atoms with Crippen LogP contribution in [0.1, 0.15) is 49.1 Å². The number of ether oxygens (including phenoxy) is 1. The summed E-state index contributed by atoms with van der Waals surface area (Å²) in [4.78, 5) is 12.4. The summed E-state index contributed by atoms with van der Waals surface area (Å²) in [6.07, 6.45) is 6.33. The molecule has 0 N–H and O–H groups in total. The van der Waals surface area contributed by atoms with Gasteiger partial charge in [-0.15, -0.1) is 0 Å². The maximum Gasteiger partial charge on any atom is 0.138 e. The predicted octanol–water partition coefficient (Wildman–Crippen LogP) is 3.49. The summed E-state index contributed by atoms with van der Waals surface area (Å²) in [5, 5.41) is 0. The fraction of sp³-hybridized carbons (Fsp3) is 0.588. The lowest BCUT2D eigenvalue weighted by atomic mass is 9.78. The van der Waals surface area contributed by atoms with Crippen molar-refractivity contribution in [2.24, 2.45) is 5.92 Å². The highest BCUT2D eigenvalue weighted by Crippen LogP contribution is 2.35. The van der Waals surface area contributed by atoms with E-state index in [-0.39, 0.29) is 5.92 Å². The second kappa shape index (κ2) is 5.87. The van der Waals surface area contributed by atoms with Crippen molar-refractivity contribution in [1.29, 1.82) is 0 Å². The first-order valence-corrected chi connectivity index (χ1v) is 7.53. The first kappa shape index (κ1) is 12.9. The van der Waals surface area contributed by atoms with Gasteiger partial charge < -0.3 is 4.74 Å². The third-order valence-corrected chi connectivity index (χ3v) is 4.56. The molecule has 1 fully saturated rings. The quantitative estimate of drug-likeness (QED) is 0.829. The minimum Gasteiger partial charge on any atom is -0.381 e. The Hall–Kier alpha value is -1.15. The van der Waals surface area contributed by atoms with Crippen molar-refractivity contribution in [2.75, 3.05) is 13.2 Å². The van der Waals surface area contributed by atoms with Crippen molar-refractivity contribution in [1.82, 2.24) is 0 Å². The molecule has 0 bridgehead atoms. The summed E-state index contributed by atoms with van der Waals surface area (Å²) in [7, 11) is 0. The van der Waals surface area contributed by atoms with E-state index in [0.29, 0.717) is 24.7 Å². The van der Waals surface area contributed by atoms with Crippen LogP contribution in [0.2, 0.25) is 0 Å². The van der Waals surface area contributed by atoms with Crippen molar-refractivity contribution in [3.05, 3.63) is 35.4 Å². The fourth-order valence-electron chi connectivity index (χ4n) is 3.47. The minimum atomic E-state index is 0.155. The van der Waals surface area contributed by atoms with E-state index in [1.165, 1.54) is 24.0 Å². The Balaban J connectivity index is 1.68. The summed E-state index contributed by atoms with van der Waals surface area (Å²) < 4.78 is 5.44. The lowest BCUT2D eigenvalue weighted by Gasteiger charge is -2.27. The van der Waals surface area contributed by atoms with Gasteiger partial charge in [0, 0.05) is 18.9 Å². The molecule has 0 aromatic heterocycles. The zero-order valence-electron chi connectivity index (χ0n) is 11.4. The SMILES string of the molecule is O=C(CC1CCCc2ccccc21)C1CCCOC1. The van der Waals surface area contributed by atoms with E-state index in [1.807, 2.05) is 0 Å². The lowest BCUT2D eigenvalue weighted by Crippen LogP contribution is -2.27. The van der Waals surface area contributed by atoms with Crippen LogP contribution in [0, 0.1) is 5.92 Å². The van der Waals surface area contributed by atoms with Crippen LogP contribution in [0.4, 0.5) is 0 Å². The Morgan fingerprint density at radius 2 is 2.11 bits per heavy atom. The number of hydrogen-bond donors (Lipinski definition) is 0. The van der Waals surface area contributed by atoms with Gasteiger partial charge in [-0.05, 0) is 49.1 Å². The second-order valence-electron chi connectivity index (χ2n) is 5.87. The van der Waals surface area contributed by atoms with E-state index < -0.39 is 0 Å². The number of aryl methyl sites for hydroxylation is 1. The number of ketones is 1. The Labute approximate surface area is 115 Å². The van der Waals surface area contributed by atoms with E-state index in [1.54, 1.807) is 0 Å². The first-order valence-electron chi connectivity index (χ1n) is 7.53. The molecule has 1 heterocycles. The number of Topliss-reactive ketones (excluding diaryl/α,β-unsaturated/α-hetero) is 1. The van der Waals surface area contributed by atoms with Gasteiger partial charge in [0.15, 0.2) is 0 Å². The second-order valence-corrected chi connectivity index (χ2v) is 5.87. The molecule has 0 spiro atoms. The summed E-state index contributed by atoms with van der Waals surface area (Å²) in [5.41, 5.74) is 2.87. The van der Waals surface area contributed by atoms with Gasteiger partial charge in [-0.1, -0.05) is 24.3 Å². The normalized spacial score (nSPS) is 26.7. The average Bonchev–Trinajstić information content (AvgIpc) is 2.48. The third kappa shape index (κ3) is 2.89. The minimum absolute atomic E-state index is 0.155. The molecule has 1 aromatic carbocycles. The zero-order valence-corrected chi connectivity index (χ0v) is 11.4. The largest absolute Gasteiger partial charge is 0.381 e. The van der Waals surface area contributed by atoms with E-state index in [0.717, 1.165) is 25.9 Å². The molecule has 1 saturated heterocycles. The fourth-order valence-corrected chi connectivity index (χ4v) is 3.47. The van der Waals surface area contributed by atoms with Gasteiger partial charge in [0.2, 0.25) is 0 Å². The molecule has 2 aliphatic rings. The highest BCUT2D eigenvalue weighted by Gasteiger charge is 2.27. The average molecular weight is 258 g/mol. The highest BCUT2D eigenvalue weighted by atomic mass is 16.5. The van der Waals surface area contributed by atoms with Gasteiger partial charge in [-0.25, -0.2) is 0 Å². The Morgan fingerprint density at radius 3 is 2.95 bits per heavy atom. The summed E-state index contributed by atoms with van der Waals surface area (Å²) in [6.45, 7) is 1.48. The van der Waals surface area contributed by atoms with Crippen LogP contribution >= 0.6 is 0 Å². The van der Waals surface area contributed by atoms with E-state index >= 15 is 0 Å². The van der Waals surface area contributed by atoms with Crippen LogP contribution in [-0.2, 0) is 16.0 Å². The molecule has 1 aliphatic carbocycles. The molecule has 1 aromatic rings. The molecule has 0 saturated carbocycles. The molecule has 0 amide bonds. The van der Waals surface area contributed by atoms with Crippen LogP contribution in [0.25, 0.3) is 0 Å². The Morgan fingerprint density at radius 1 is 1.21 bits per heavy atom. The highest BCUT2D eigenvalue weighted by molar-refractivity contribution is 5.82. The molecule has 0 radical (unpaired) electrons. The van der Waals surface area contributed by atoms with Gasteiger partial charge in [-0.3, -0.25) is 4.79 Å². The Bertz CT molecular complexity index is 446. The van der Waals surface area contributed by atoms with Gasteiger partial charge in [-0.2, -0.15) is 0 Å². The maximum absolute atomic E-state index is 12.4. The van der Waals surface area contributed by atoms with Crippen molar-refractivity contribution in [3.8, 4) is 0 Å². The molecule has 3 rings (SSSR count). The van der Waals surface area contributed by atoms with Crippen LogP contribution in [0.15, 0.2) is 24.3 Å². The monoisotopic (exact) mass is 258 g/mol. The number of carbonyl (C=O) groups is 1. The van der Waals surface area contributed by atoms with Crippen molar-refractivity contribution >= 4 is 5.78 Å². The van der Waals surface area contributed by atoms with Crippen molar-refractivity contribution in [3.63, 3.8) is 0 Å². The van der Waals surface area contributed by atoms with E-state index in [2.05, 4.69) is 24.3 Å². The van der Waals surface area contributed by atoms with Crippen LogP contribution in [0.3, 0.4) is 0 Å². The van der Waals surface area contributed by atoms with E-state index in [9.17, 15) is 4.79 Å². The molecule has 2 nitrogen and oxygen atoms in total. The van der Waals surface area contributed by atoms with Crippen LogP contribution < -0.4 is 0 Å². The van der Waals surface area contributed by atoms with Crippen molar-refractivity contribution in [2.45, 2.75) is 44.4 Å². The predicted molar refractivity (Wildman–Crippen MR) is 75.3 cm³/mol. The van der Waals surface area contributed by atoms with Gasteiger partial charge in [0.1, 0.15) is 5.78 Å². The molecule has 1 aliphatic heterocycles. The molecular formula is C17H22O2. The standard InChI is InChI=1S/C17H22O2/c18-17(15-8-4-10-19-12-15)11-14-7-3-6-13-5-1-2-9-16(13)14/h1-2,5,9,14-15H,3-4,6-8,10-12H2. The number of benzene rings is 1. The molecule has 2 heteroatoms.